The highest BCUT2D eigenvalue weighted by molar-refractivity contribution is 5.97. The maximum Gasteiger partial charge on any atom is 0.335 e. The number of ether oxygens (including phenoxy) is 1. The number of aromatic carboxylic acids is 1. The van der Waals surface area contributed by atoms with Crippen LogP contribution >= 0.6 is 0 Å². The molecule has 1 aliphatic carbocycles. The molecule has 1 saturated carbocycles. The molecule has 0 aromatic heterocycles. The van der Waals surface area contributed by atoms with Crippen molar-refractivity contribution >= 4 is 17.6 Å². The lowest BCUT2D eigenvalue weighted by molar-refractivity contribution is -0.126. The lowest BCUT2D eigenvalue weighted by Crippen LogP contribution is -2.35. The van der Waals surface area contributed by atoms with E-state index in [2.05, 4.69) is 5.32 Å². The Bertz CT molecular complexity index is 521. The van der Waals surface area contributed by atoms with E-state index < -0.39 is 5.97 Å². The predicted molar refractivity (Wildman–Crippen MR) is 79.4 cm³/mol. The second kappa shape index (κ2) is 6.72. The lowest BCUT2D eigenvalue weighted by Gasteiger charge is -2.27. The number of hydrogen-bond acceptors (Lipinski definition) is 3. The molecule has 0 heterocycles. The molecule has 1 aliphatic rings. The minimum atomic E-state index is -0.999. The fourth-order valence-corrected chi connectivity index (χ4v) is 2.93. The van der Waals surface area contributed by atoms with Gasteiger partial charge in [0.1, 0.15) is 0 Å². The van der Waals surface area contributed by atoms with Crippen molar-refractivity contribution in [2.24, 2.45) is 5.41 Å². The molecule has 0 atom stereocenters. The molecule has 0 unspecified atom stereocenters. The van der Waals surface area contributed by atoms with E-state index in [1.165, 1.54) is 12.1 Å². The molecule has 0 bridgehead atoms. The normalized spacial score (nSPS) is 16.6. The molecule has 21 heavy (non-hydrogen) atoms. The monoisotopic (exact) mass is 291 g/mol. The second-order valence-electron chi connectivity index (χ2n) is 5.57. The number of methoxy groups -OCH3 is 1. The number of hydrogen-bond donors (Lipinski definition) is 2. The van der Waals surface area contributed by atoms with Crippen LogP contribution < -0.4 is 5.32 Å². The molecule has 1 aromatic rings. The van der Waals surface area contributed by atoms with Gasteiger partial charge in [0.05, 0.1) is 11.0 Å². The number of nitrogens with one attached hydrogen (secondary N) is 1. The molecular weight excluding hydrogens is 270 g/mol. The van der Waals surface area contributed by atoms with Gasteiger partial charge in [0.25, 0.3) is 0 Å². The summed E-state index contributed by atoms with van der Waals surface area (Å²) in [7, 11) is 1.64. The van der Waals surface area contributed by atoms with Crippen molar-refractivity contribution in [3.05, 3.63) is 29.8 Å². The first-order valence-corrected chi connectivity index (χ1v) is 7.21. The summed E-state index contributed by atoms with van der Waals surface area (Å²) < 4.78 is 5.12. The van der Waals surface area contributed by atoms with Gasteiger partial charge in [-0.05, 0) is 37.5 Å². The summed E-state index contributed by atoms with van der Waals surface area (Å²) in [5.41, 5.74) is 0.323. The van der Waals surface area contributed by atoms with Gasteiger partial charge < -0.3 is 15.2 Å². The Morgan fingerprint density at radius 1 is 1.33 bits per heavy atom. The standard InChI is InChI=1S/C16H21NO4/c1-21-10-9-16(7-2-3-8-16)15(20)17-13-6-4-5-12(11-13)14(18)19/h4-6,11H,2-3,7-10H2,1H3,(H,17,20)(H,18,19). The summed E-state index contributed by atoms with van der Waals surface area (Å²) in [4.78, 5) is 23.6. The number of anilines is 1. The number of carbonyl (C=O) groups excluding carboxylic acids is 1. The van der Waals surface area contributed by atoms with Crippen LogP contribution in [-0.2, 0) is 9.53 Å². The molecule has 5 heteroatoms. The minimum absolute atomic E-state index is 0.0282. The van der Waals surface area contributed by atoms with E-state index in [4.69, 9.17) is 9.84 Å². The zero-order valence-electron chi connectivity index (χ0n) is 12.2. The molecule has 1 fully saturated rings. The SMILES string of the molecule is COCCC1(C(=O)Nc2cccc(C(=O)O)c2)CCCC1. The van der Waals surface area contributed by atoms with E-state index in [0.717, 1.165) is 25.7 Å². The topological polar surface area (TPSA) is 75.6 Å². The summed E-state index contributed by atoms with van der Waals surface area (Å²) in [6, 6.07) is 6.34. The minimum Gasteiger partial charge on any atom is -0.478 e. The molecule has 1 amide bonds. The maximum absolute atomic E-state index is 12.6. The van der Waals surface area contributed by atoms with Crippen LogP contribution in [0.1, 0.15) is 42.5 Å². The zero-order valence-corrected chi connectivity index (χ0v) is 12.2. The Kier molecular flexibility index (Phi) is 4.96. The lowest BCUT2D eigenvalue weighted by atomic mass is 9.82. The Labute approximate surface area is 124 Å². The van der Waals surface area contributed by atoms with Gasteiger partial charge in [-0.1, -0.05) is 18.9 Å². The number of rotatable bonds is 6. The molecule has 2 N–H and O–H groups in total. The third-order valence-electron chi connectivity index (χ3n) is 4.19. The molecule has 0 spiro atoms. The predicted octanol–water partition coefficient (Wildman–Crippen LogP) is 2.92. The summed E-state index contributed by atoms with van der Waals surface area (Å²) in [5.74, 6) is -1.03. The maximum atomic E-state index is 12.6. The van der Waals surface area contributed by atoms with Crippen molar-refractivity contribution in [2.45, 2.75) is 32.1 Å². The van der Waals surface area contributed by atoms with Gasteiger partial charge in [-0.3, -0.25) is 4.79 Å². The largest absolute Gasteiger partial charge is 0.478 e. The summed E-state index contributed by atoms with van der Waals surface area (Å²) in [5, 5.41) is 11.9. The first kappa shape index (κ1) is 15.5. The Morgan fingerprint density at radius 3 is 2.67 bits per heavy atom. The first-order chi connectivity index (χ1) is 10.1. The van der Waals surface area contributed by atoms with Crippen molar-refractivity contribution in [3.63, 3.8) is 0 Å². The molecular formula is C16H21NO4. The molecule has 1 aromatic carbocycles. The molecule has 2 rings (SSSR count). The van der Waals surface area contributed by atoms with Gasteiger partial charge in [-0.2, -0.15) is 0 Å². The average Bonchev–Trinajstić information content (AvgIpc) is 2.95. The van der Waals surface area contributed by atoms with E-state index >= 15 is 0 Å². The number of carboxylic acids is 1. The van der Waals surface area contributed by atoms with Crippen LogP contribution in [0, 0.1) is 5.41 Å². The third-order valence-corrected chi connectivity index (χ3v) is 4.19. The van der Waals surface area contributed by atoms with Crippen LogP contribution in [0.5, 0.6) is 0 Å². The Morgan fingerprint density at radius 2 is 2.05 bits per heavy atom. The van der Waals surface area contributed by atoms with Crippen LogP contribution in [0.25, 0.3) is 0 Å². The van der Waals surface area contributed by atoms with Gasteiger partial charge in [-0.15, -0.1) is 0 Å². The summed E-state index contributed by atoms with van der Waals surface area (Å²) in [6.45, 7) is 0.558. The highest BCUT2D eigenvalue weighted by atomic mass is 16.5. The van der Waals surface area contributed by atoms with Crippen molar-refractivity contribution in [2.75, 3.05) is 19.0 Å². The van der Waals surface area contributed by atoms with Gasteiger partial charge in [-0.25, -0.2) is 4.79 Å². The zero-order chi connectivity index (χ0) is 15.3. The van der Waals surface area contributed by atoms with E-state index in [1.807, 2.05) is 0 Å². The van der Waals surface area contributed by atoms with Gasteiger partial charge in [0, 0.05) is 19.4 Å². The second-order valence-corrected chi connectivity index (χ2v) is 5.57. The summed E-state index contributed by atoms with van der Waals surface area (Å²) >= 11 is 0. The van der Waals surface area contributed by atoms with Crippen molar-refractivity contribution < 1.29 is 19.4 Å². The smallest absolute Gasteiger partial charge is 0.335 e. The van der Waals surface area contributed by atoms with Crippen LogP contribution in [0.3, 0.4) is 0 Å². The number of amides is 1. The number of benzene rings is 1. The highest BCUT2D eigenvalue weighted by Gasteiger charge is 2.40. The van der Waals surface area contributed by atoms with E-state index in [1.54, 1.807) is 19.2 Å². The molecule has 5 nitrogen and oxygen atoms in total. The van der Waals surface area contributed by atoms with Crippen molar-refractivity contribution in [1.82, 2.24) is 0 Å². The van der Waals surface area contributed by atoms with Gasteiger partial charge >= 0.3 is 5.97 Å². The molecule has 0 aliphatic heterocycles. The van der Waals surface area contributed by atoms with Crippen molar-refractivity contribution in [1.29, 1.82) is 0 Å². The Balaban J connectivity index is 2.11. The quantitative estimate of drug-likeness (QED) is 0.845. The van der Waals surface area contributed by atoms with Crippen LogP contribution in [0.4, 0.5) is 5.69 Å². The van der Waals surface area contributed by atoms with Gasteiger partial charge in [0.2, 0.25) is 5.91 Å². The fraction of sp³-hybridized carbons (Fsp3) is 0.500. The average molecular weight is 291 g/mol. The molecule has 0 radical (unpaired) electrons. The van der Waals surface area contributed by atoms with Gasteiger partial charge in [0.15, 0.2) is 0 Å². The van der Waals surface area contributed by atoms with E-state index in [-0.39, 0.29) is 16.9 Å². The highest BCUT2D eigenvalue weighted by Crippen LogP contribution is 2.42. The first-order valence-electron chi connectivity index (χ1n) is 7.21. The van der Waals surface area contributed by atoms with E-state index in [9.17, 15) is 9.59 Å². The number of carbonyl (C=O) groups is 2. The van der Waals surface area contributed by atoms with Crippen LogP contribution in [0.2, 0.25) is 0 Å². The van der Waals surface area contributed by atoms with E-state index in [0.29, 0.717) is 18.7 Å². The van der Waals surface area contributed by atoms with Crippen molar-refractivity contribution in [3.8, 4) is 0 Å². The fourth-order valence-electron chi connectivity index (χ4n) is 2.93. The number of carboxylic acid groups (broad SMARTS) is 1. The summed E-state index contributed by atoms with van der Waals surface area (Å²) in [6.07, 6.45) is 4.52. The molecule has 0 saturated heterocycles. The third kappa shape index (κ3) is 3.61. The Hall–Kier alpha value is -1.88. The van der Waals surface area contributed by atoms with Crippen LogP contribution in [-0.4, -0.2) is 30.7 Å². The van der Waals surface area contributed by atoms with Crippen LogP contribution in [0.15, 0.2) is 24.3 Å². The molecule has 114 valence electrons.